The molecule has 27 heavy (non-hydrogen) atoms. The smallest absolute Gasteiger partial charge is 0.263 e. The molecule has 0 unspecified atom stereocenters. The maximum absolute atomic E-state index is 14.0. The largest absolute Gasteiger partial charge is 0.467 e. The van der Waals surface area contributed by atoms with E-state index in [1.54, 1.807) is 4.57 Å². The fourth-order valence-corrected chi connectivity index (χ4v) is 5.30. The van der Waals surface area contributed by atoms with E-state index in [-0.39, 0.29) is 18.2 Å². The maximum atomic E-state index is 14.0. The first kappa shape index (κ1) is 18.5. The van der Waals surface area contributed by atoms with Gasteiger partial charge >= 0.3 is 0 Å². The summed E-state index contributed by atoms with van der Waals surface area (Å²) in [6.07, 6.45) is 0. The summed E-state index contributed by atoms with van der Waals surface area (Å²) in [6.45, 7) is 6.92. The molecule has 1 aliphatic rings. The van der Waals surface area contributed by atoms with Gasteiger partial charge in [0.25, 0.3) is 5.56 Å². The van der Waals surface area contributed by atoms with E-state index in [2.05, 4.69) is 0 Å². The highest BCUT2D eigenvalue weighted by Crippen LogP contribution is 2.34. The van der Waals surface area contributed by atoms with Gasteiger partial charge in [-0.25, -0.2) is 9.37 Å². The molecule has 0 atom stereocenters. The molecule has 2 aromatic heterocycles. The van der Waals surface area contributed by atoms with Crippen LogP contribution in [0.3, 0.4) is 0 Å². The van der Waals surface area contributed by atoms with Gasteiger partial charge in [0.1, 0.15) is 16.4 Å². The van der Waals surface area contributed by atoms with Gasteiger partial charge in [-0.15, -0.1) is 11.3 Å². The zero-order valence-electron chi connectivity index (χ0n) is 15.3. The van der Waals surface area contributed by atoms with E-state index >= 15 is 0 Å². The van der Waals surface area contributed by atoms with Crippen LogP contribution < -0.4 is 10.3 Å². The van der Waals surface area contributed by atoms with Crippen LogP contribution in [0.1, 0.15) is 28.5 Å². The molecule has 0 fully saturated rings. The second kappa shape index (κ2) is 7.26. The number of nitrogens with zero attached hydrogens (tertiary/aromatic N) is 2. The third kappa shape index (κ3) is 3.26. The average Bonchev–Trinajstić information content (AvgIpc) is 2.93. The first-order valence-electron chi connectivity index (χ1n) is 8.64. The lowest BCUT2D eigenvalue weighted by molar-refractivity contribution is -0.0171. The van der Waals surface area contributed by atoms with Gasteiger partial charge in [-0.2, -0.15) is 0 Å². The number of thiophene rings is 1. The first-order valence-corrected chi connectivity index (χ1v) is 10.4. The van der Waals surface area contributed by atoms with Crippen LogP contribution in [-0.4, -0.2) is 16.3 Å². The van der Waals surface area contributed by atoms with Crippen LogP contribution in [-0.2, 0) is 23.6 Å². The fraction of sp³-hybridized carbons (Fsp3) is 0.368. The summed E-state index contributed by atoms with van der Waals surface area (Å²) in [5, 5.41) is 1.34. The zero-order valence-corrected chi connectivity index (χ0v) is 16.9. The van der Waals surface area contributed by atoms with E-state index < -0.39 is 0 Å². The standard InChI is InChI=1S/C19H19FN2O3S2/c1-4-22-18(23)15-10(2)11(3)27-17(15)21-19(22)26-8-13-6-14(20)5-12-7-24-9-25-16(12)13/h5-6H,4,7-9H2,1-3H3. The van der Waals surface area contributed by atoms with Crippen LogP contribution in [0, 0.1) is 19.7 Å². The number of rotatable bonds is 4. The quantitative estimate of drug-likeness (QED) is 0.475. The van der Waals surface area contributed by atoms with E-state index in [1.165, 1.54) is 35.2 Å². The summed E-state index contributed by atoms with van der Waals surface area (Å²) in [6, 6.07) is 2.91. The molecule has 4 rings (SSSR count). The first-order chi connectivity index (χ1) is 13.0. The van der Waals surface area contributed by atoms with Crippen LogP contribution in [0.2, 0.25) is 0 Å². The highest BCUT2D eigenvalue weighted by Gasteiger charge is 2.19. The minimum absolute atomic E-state index is 0.0160. The number of hydrogen-bond acceptors (Lipinski definition) is 6. The summed E-state index contributed by atoms with van der Waals surface area (Å²) in [4.78, 5) is 19.5. The van der Waals surface area contributed by atoms with Crippen LogP contribution in [0.5, 0.6) is 5.75 Å². The fourth-order valence-electron chi connectivity index (χ4n) is 3.20. The Bertz CT molecular complexity index is 1090. The van der Waals surface area contributed by atoms with Crippen molar-refractivity contribution in [2.75, 3.05) is 6.79 Å². The normalized spacial score (nSPS) is 13.6. The van der Waals surface area contributed by atoms with Gasteiger partial charge in [0.05, 0.1) is 12.0 Å². The summed E-state index contributed by atoms with van der Waals surface area (Å²) >= 11 is 2.96. The maximum Gasteiger partial charge on any atom is 0.263 e. The number of benzene rings is 1. The van der Waals surface area contributed by atoms with Crippen molar-refractivity contribution in [3.63, 3.8) is 0 Å². The van der Waals surface area contributed by atoms with Gasteiger partial charge < -0.3 is 9.47 Å². The molecule has 1 aliphatic heterocycles. The number of aromatic nitrogens is 2. The second-order valence-corrected chi connectivity index (χ2v) is 8.51. The van der Waals surface area contributed by atoms with E-state index in [1.807, 2.05) is 20.8 Å². The minimum Gasteiger partial charge on any atom is -0.467 e. The van der Waals surface area contributed by atoms with Crippen molar-refractivity contribution in [3.8, 4) is 5.75 Å². The Morgan fingerprint density at radius 1 is 1.37 bits per heavy atom. The SMILES string of the molecule is CCn1c(SCc2cc(F)cc3c2OCOC3)nc2sc(C)c(C)c2c1=O. The Labute approximate surface area is 164 Å². The molecule has 0 aliphatic carbocycles. The minimum atomic E-state index is -0.320. The predicted molar refractivity (Wildman–Crippen MR) is 105 cm³/mol. The molecule has 8 heteroatoms. The van der Waals surface area contributed by atoms with E-state index in [0.717, 1.165) is 20.8 Å². The van der Waals surface area contributed by atoms with Crippen LogP contribution >= 0.6 is 23.1 Å². The summed E-state index contributed by atoms with van der Waals surface area (Å²) < 4.78 is 26.4. The third-order valence-electron chi connectivity index (χ3n) is 4.68. The lowest BCUT2D eigenvalue weighted by atomic mass is 10.1. The number of hydrogen-bond donors (Lipinski definition) is 0. The van der Waals surface area contributed by atoms with Gasteiger partial charge in [-0.05, 0) is 38.5 Å². The zero-order chi connectivity index (χ0) is 19.1. The molecule has 5 nitrogen and oxygen atoms in total. The van der Waals surface area contributed by atoms with Gasteiger partial charge in [-0.3, -0.25) is 9.36 Å². The Kier molecular flexibility index (Phi) is 4.96. The Morgan fingerprint density at radius 2 is 2.19 bits per heavy atom. The topological polar surface area (TPSA) is 53.4 Å². The van der Waals surface area contributed by atoms with Gasteiger partial charge in [0.2, 0.25) is 0 Å². The molecule has 0 amide bonds. The predicted octanol–water partition coefficient (Wildman–Crippen LogP) is 4.39. The van der Waals surface area contributed by atoms with Crippen molar-refractivity contribution in [1.29, 1.82) is 0 Å². The number of ether oxygens (including phenoxy) is 2. The molecule has 0 bridgehead atoms. The molecule has 0 saturated carbocycles. The van der Waals surface area contributed by atoms with Crippen molar-refractivity contribution in [3.05, 3.63) is 49.9 Å². The Hall–Kier alpha value is -1.90. The average molecular weight is 407 g/mol. The van der Waals surface area contributed by atoms with Crippen LogP contribution in [0.15, 0.2) is 22.1 Å². The Morgan fingerprint density at radius 3 is 2.96 bits per heavy atom. The van der Waals surface area contributed by atoms with Crippen LogP contribution in [0.25, 0.3) is 10.2 Å². The second-order valence-electron chi connectivity index (χ2n) is 6.36. The lowest BCUT2D eigenvalue weighted by Crippen LogP contribution is -2.22. The molecule has 3 aromatic rings. The van der Waals surface area contributed by atoms with Gasteiger partial charge in [0.15, 0.2) is 11.9 Å². The molecular formula is C19H19FN2O3S2. The van der Waals surface area contributed by atoms with Crippen molar-refractivity contribution >= 4 is 33.3 Å². The summed E-state index contributed by atoms with van der Waals surface area (Å²) in [5.74, 6) is 0.810. The molecule has 0 N–H and O–H groups in total. The lowest BCUT2D eigenvalue weighted by Gasteiger charge is -2.20. The molecule has 0 saturated heterocycles. The van der Waals surface area contributed by atoms with E-state index in [9.17, 15) is 9.18 Å². The molecule has 0 spiro atoms. The van der Waals surface area contributed by atoms with Gasteiger partial charge in [-0.1, -0.05) is 11.8 Å². The monoisotopic (exact) mass is 406 g/mol. The molecular weight excluding hydrogens is 387 g/mol. The number of thioether (sulfide) groups is 1. The van der Waals surface area contributed by atoms with Gasteiger partial charge in [0, 0.05) is 28.3 Å². The Balaban J connectivity index is 1.73. The van der Waals surface area contributed by atoms with Crippen LogP contribution in [0.4, 0.5) is 4.39 Å². The molecule has 3 heterocycles. The third-order valence-corrected chi connectivity index (χ3v) is 6.80. The van der Waals surface area contributed by atoms with Crippen molar-refractivity contribution in [2.45, 2.75) is 44.8 Å². The number of fused-ring (bicyclic) bond motifs is 2. The molecule has 0 radical (unpaired) electrons. The van der Waals surface area contributed by atoms with Crippen molar-refractivity contribution < 1.29 is 13.9 Å². The summed E-state index contributed by atoms with van der Waals surface area (Å²) in [5.41, 5.74) is 2.43. The van der Waals surface area contributed by atoms with E-state index in [0.29, 0.717) is 40.8 Å². The molecule has 1 aromatic carbocycles. The summed E-state index contributed by atoms with van der Waals surface area (Å²) in [7, 11) is 0. The van der Waals surface area contributed by atoms with E-state index in [4.69, 9.17) is 14.5 Å². The number of aryl methyl sites for hydroxylation is 2. The van der Waals surface area contributed by atoms with Crippen molar-refractivity contribution in [1.82, 2.24) is 9.55 Å². The number of halogens is 1. The highest BCUT2D eigenvalue weighted by atomic mass is 32.2. The highest BCUT2D eigenvalue weighted by molar-refractivity contribution is 7.98. The molecule has 142 valence electrons. The van der Waals surface area contributed by atoms with Crippen molar-refractivity contribution in [2.24, 2.45) is 0 Å².